The Labute approximate surface area is 160 Å². The molecule has 0 N–H and O–H groups in total. The maximum atomic E-state index is 12.9. The topological polar surface area (TPSA) is 60.4 Å². The number of benzene rings is 1. The smallest absolute Gasteiger partial charge is 0.298 e. The Morgan fingerprint density at radius 1 is 1.08 bits per heavy atom. The third-order valence-electron chi connectivity index (χ3n) is 5.07. The van der Waals surface area contributed by atoms with Gasteiger partial charge in [-0.15, -0.1) is 10.3 Å². The Morgan fingerprint density at radius 3 is 2.12 bits per heavy atom. The van der Waals surface area contributed by atoms with E-state index in [0.717, 1.165) is 31.2 Å². The molecule has 1 unspecified atom stereocenters. The minimum absolute atomic E-state index is 0.0691. The van der Waals surface area contributed by atoms with Gasteiger partial charge in [-0.3, -0.25) is 4.79 Å². The van der Waals surface area contributed by atoms with E-state index in [2.05, 4.69) is 0 Å². The van der Waals surface area contributed by atoms with E-state index < -0.39 is 25.8 Å². The highest BCUT2D eigenvalue weighted by atomic mass is 32.3. The van der Waals surface area contributed by atoms with Gasteiger partial charge in [-0.1, -0.05) is 57.7 Å². The molecule has 1 aliphatic rings. The summed E-state index contributed by atoms with van der Waals surface area (Å²) in [4.78, 5) is 12.9. The highest BCUT2D eigenvalue weighted by molar-refractivity contribution is 8.33. The van der Waals surface area contributed by atoms with Crippen molar-refractivity contribution in [3.8, 4) is 0 Å². The lowest BCUT2D eigenvalue weighted by Crippen LogP contribution is -2.34. The summed E-state index contributed by atoms with van der Waals surface area (Å²) in [5.74, 6) is 0.270. The van der Waals surface area contributed by atoms with Gasteiger partial charge in [0.1, 0.15) is 5.78 Å². The Morgan fingerprint density at radius 2 is 1.62 bits per heavy atom. The molecule has 0 aliphatic heterocycles. The number of Topliss-reactive ketones (excluding diaryl/α,β-unsaturated/α-hetero) is 1. The lowest BCUT2D eigenvalue weighted by atomic mass is 9.92. The minimum Gasteiger partial charge on any atom is -0.298 e. The van der Waals surface area contributed by atoms with E-state index >= 15 is 0 Å². The number of aryl methyl sites for hydroxylation is 1. The fourth-order valence-electron chi connectivity index (χ4n) is 3.19. The van der Waals surface area contributed by atoms with Gasteiger partial charge in [-0.25, -0.2) is 3.63 Å². The van der Waals surface area contributed by atoms with Crippen LogP contribution in [0.15, 0.2) is 29.2 Å². The van der Waals surface area contributed by atoms with Gasteiger partial charge < -0.3 is 0 Å². The highest BCUT2D eigenvalue weighted by Gasteiger charge is 2.40. The Balaban J connectivity index is 2.33. The zero-order chi connectivity index (χ0) is 19.6. The lowest BCUT2D eigenvalue weighted by Gasteiger charge is -2.44. The van der Waals surface area contributed by atoms with Gasteiger partial charge in [-0.2, -0.15) is 8.42 Å². The van der Waals surface area contributed by atoms with Crippen LogP contribution in [0.3, 0.4) is 0 Å². The molecule has 0 bridgehead atoms. The molecule has 1 aromatic carbocycles. The maximum absolute atomic E-state index is 12.9. The van der Waals surface area contributed by atoms with Gasteiger partial charge in [0.05, 0.1) is 10.6 Å². The first-order valence-corrected chi connectivity index (χ1v) is 12.9. The standard InChI is InChI=1S/C20H32O4S2/c1-16-11-13-18(14-12-16)26(22,23)24-25(5,15-19(21)20(2,3)4)17-9-7-6-8-10-17/h11-14,17H,6-10,15H2,1-5H3. The number of ketones is 1. The molecule has 148 valence electrons. The third-order valence-corrected chi connectivity index (χ3v) is 10.6. The van der Waals surface area contributed by atoms with Crippen LogP contribution in [0.1, 0.15) is 58.4 Å². The molecule has 0 saturated heterocycles. The Hall–Kier alpha value is -0.850. The average Bonchev–Trinajstić information content (AvgIpc) is 2.54. The predicted molar refractivity (Wildman–Crippen MR) is 109 cm³/mol. The number of hydrogen-bond donors (Lipinski definition) is 0. The fraction of sp³-hybridized carbons (Fsp3) is 0.650. The molecule has 0 heterocycles. The molecular formula is C20H32O4S2. The molecule has 1 fully saturated rings. The zero-order valence-corrected chi connectivity index (χ0v) is 18.2. The van der Waals surface area contributed by atoms with Gasteiger partial charge in [0.2, 0.25) is 0 Å². The molecular weight excluding hydrogens is 368 g/mol. The van der Waals surface area contributed by atoms with Crippen molar-refractivity contribution >= 4 is 26.2 Å². The van der Waals surface area contributed by atoms with Crippen LogP contribution in [-0.4, -0.2) is 31.5 Å². The third kappa shape index (κ3) is 5.33. The van der Waals surface area contributed by atoms with Crippen LogP contribution in [0, 0.1) is 12.3 Å². The minimum atomic E-state index is -3.89. The van der Waals surface area contributed by atoms with Crippen LogP contribution < -0.4 is 0 Å². The van der Waals surface area contributed by atoms with Crippen molar-refractivity contribution in [3.05, 3.63) is 29.8 Å². The van der Waals surface area contributed by atoms with E-state index in [1.54, 1.807) is 24.3 Å². The number of rotatable bonds is 6. The van der Waals surface area contributed by atoms with Crippen LogP contribution in [0.2, 0.25) is 0 Å². The zero-order valence-electron chi connectivity index (χ0n) is 16.6. The molecule has 4 nitrogen and oxygen atoms in total. The van der Waals surface area contributed by atoms with Crippen molar-refractivity contribution in [2.24, 2.45) is 5.41 Å². The summed E-state index contributed by atoms with van der Waals surface area (Å²) in [7, 11) is -5.97. The van der Waals surface area contributed by atoms with Gasteiger partial charge >= 0.3 is 10.1 Å². The van der Waals surface area contributed by atoms with Crippen LogP contribution in [0.4, 0.5) is 0 Å². The Bertz CT molecular complexity index is 726. The summed E-state index contributed by atoms with van der Waals surface area (Å²) < 4.78 is 31.7. The summed E-state index contributed by atoms with van der Waals surface area (Å²) in [6, 6.07) is 6.70. The second kappa shape index (κ2) is 8.03. The number of hydrogen-bond acceptors (Lipinski definition) is 4. The molecule has 1 saturated carbocycles. The summed E-state index contributed by atoms with van der Waals surface area (Å²) in [6.07, 6.45) is 7.08. The average molecular weight is 401 g/mol. The van der Waals surface area contributed by atoms with Crippen LogP contribution in [-0.2, 0) is 18.5 Å². The van der Waals surface area contributed by atoms with Crippen molar-refractivity contribution in [1.82, 2.24) is 0 Å². The molecule has 0 amide bonds. The molecule has 0 aromatic heterocycles. The van der Waals surface area contributed by atoms with E-state index in [-0.39, 0.29) is 21.7 Å². The van der Waals surface area contributed by atoms with Gasteiger partial charge in [0, 0.05) is 10.7 Å². The molecule has 6 heteroatoms. The molecule has 1 atom stereocenters. The fourth-order valence-corrected chi connectivity index (χ4v) is 8.76. The summed E-state index contributed by atoms with van der Waals surface area (Å²) in [5, 5.41) is 0.155. The van der Waals surface area contributed by atoms with Crippen molar-refractivity contribution < 1.29 is 16.8 Å². The number of carbonyl (C=O) groups excluding carboxylic acids is 1. The molecule has 1 aromatic rings. The van der Waals surface area contributed by atoms with Gasteiger partial charge in [0.15, 0.2) is 0 Å². The van der Waals surface area contributed by atoms with Crippen LogP contribution >= 0.6 is 10.3 Å². The van der Waals surface area contributed by atoms with Crippen LogP contribution in [0.5, 0.6) is 0 Å². The first-order chi connectivity index (χ1) is 11.9. The van der Waals surface area contributed by atoms with Gasteiger partial charge in [-0.05, 0) is 38.2 Å². The summed E-state index contributed by atoms with van der Waals surface area (Å²) in [6.45, 7) is 7.55. The van der Waals surface area contributed by atoms with E-state index in [4.69, 9.17) is 3.63 Å². The predicted octanol–water partition coefficient (Wildman–Crippen LogP) is 5.00. The second-order valence-corrected chi connectivity index (χ2v) is 13.5. The second-order valence-electron chi connectivity index (χ2n) is 8.48. The largest absolute Gasteiger partial charge is 0.306 e. The molecule has 0 spiro atoms. The van der Waals surface area contributed by atoms with Crippen molar-refractivity contribution in [2.45, 2.75) is 69.9 Å². The summed E-state index contributed by atoms with van der Waals surface area (Å²) in [5.41, 5.74) is 0.495. The van der Waals surface area contributed by atoms with Gasteiger partial charge in [0.25, 0.3) is 0 Å². The first kappa shape index (κ1) is 21.5. The highest BCUT2D eigenvalue weighted by Crippen LogP contribution is 2.57. The molecule has 0 radical (unpaired) electrons. The first-order valence-electron chi connectivity index (χ1n) is 9.25. The van der Waals surface area contributed by atoms with E-state index in [9.17, 15) is 13.2 Å². The van der Waals surface area contributed by atoms with E-state index in [0.29, 0.717) is 0 Å². The maximum Gasteiger partial charge on any atom is 0.306 e. The van der Waals surface area contributed by atoms with Crippen LogP contribution in [0.25, 0.3) is 0 Å². The number of carbonyl (C=O) groups is 1. The van der Waals surface area contributed by atoms with E-state index in [1.165, 1.54) is 6.42 Å². The normalized spacial score (nSPS) is 20.3. The molecule has 2 rings (SSSR count). The monoisotopic (exact) mass is 400 g/mol. The lowest BCUT2D eigenvalue weighted by molar-refractivity contribution is -0.123. The van der Waals surface area contributed by atoms with E-state index in [1.807, 2.05) is 34.0 Å². The molecule has 1 aliphatic carbocycles. The molecule has 26 heavy (non-hydrogen) atoms. The SMILES string of the molecule is Cc1ccc(S(=O)(=O)OS(C)(CC(=O)C(C)(C)C)C2CCCCC2)cc1. The van der Waals surface area contributed by atoms with Crippen molar-refractivity contribution in [2.75, 3.05) is 12.0 Å². The quantitative estimate of drug-likeness (QED) is 0.674. The van der Waals surface area contributed by atoms with Crippen molar-refractivity contribution in [3.63, 3.8) is 0 Å². The Kier molecular flexibility index (Phi) is 6.62. The summed E-state index contributed by atoms with van der Waals surface area (Å²) >= 11 is 0. The van der Waals surface area contributed by atoms with Crippen molar-refractivity contribution in [1.29, 1.82) is 0 Å².